The minimum absolute atomic E-state index is 0.108. The van der Waals surface area contributed by atoms with Crippen molar-refractivity contribution in [1.29, 1.82) is 5.26 Å². The minimum Gasteiger partial charge on any atom is -0.396 e. The fourth-order valence-electron chi connectivity index (χ4n) is 2.75. The van der Waals surface area contributed by atoms with Crippen molar-refractivity contribution in [3.63, 3.8) is 0 Å². The van der Waals surface area contributed by atoms with Crippen LogP contribution in [0.25, 0.3) is 0 Å². The Kier molecular flexibility index (Phi) is 4.41. The summed E-state index contributed by atoms with van der Waals surface area (Å²) in [5.74, 6) is 0. The van der Waals surface area contributed by atoms with Gasteiger partial charge < -0.3 is 15.7 Å². The highest BCUT2D eigenvalue weighted by Gasteiger charge is 2.23. The monoisotopic (exact) mass is 259 g/mol. The molecule has 0 amide bonds. The number of aliphatic hydroxyl groups excluding tert-OH is 1. The number of hydrogen-bond donors (Lipinski definition) is 2. The Balaban J connectivity index is 2.30. The van der Waals surface area contributed by atoms with Gasteiger partial charge in [0.25, 0.3) is 0 Å². The molecule has 0 fully saturated rings. The molecule has 0 radical (unpaired) electrons. The zero-order valence-electron chi connectivity index (χ0n) is 11.4. The summed E-state index contributed by atoms with van der Waals surface area (Å²) in [5, 5.41) is 18.3. The fourth-order valence-corrected chi connectivity index (χ4v) is 2.75. The summed E-state index contributed by atoms with van der Waals surface area (Å²) in [4.78, 5) is 2.21. The van der Waals surface area contributed by atoms with E-state index in [1.807, 2.05) is 13.0 Å². The van der Waals surface area contributed by atoms with E-state index in [4.69, 9.17) is 10.8 Å². The highest BCUT2D eigenvalue weighted by atomic mass is 16.3. The van der Waals surface area contributed by atoms with Crippen molar-refractivity contribution in [1.82, 2.24) is 0 Å². The van der Waals surface area contributed by atoms with E-state index in [9.17, 15) is 5.26 Å². The van der Waals surface area contributed by atoms with E-state index >= 15 is 0 Å². The van der Waals surface area contributed by atoms with Gasteiger partial charge in [-0.3, -0.25) is 0 Å². The van der Waals surface area contributed by atoms with Crippen LogP contribution in [-0.2, 0) is 12.8 Å². The molecule has 1 heterocycles. The minimum atomic E-state index is 0.108. The Morgan fingerprint density at radius 3 is 2.95 bits per heavy atom. The van der Waals surface area contributed by atoms with Crippen LogP contribution in [0.4, 0.5) is 5.69 Å². The molecule has 1 atom stereocenters. The molecule has 1 aliphatic rings. The summed E-state index contributed by atoms with van der Waals surface area (Å²) in [6.45, 7) is 3.92. The summed E-state index contributed by atoms with van der Waals surface area (Å²) in [5.41, 5.74) is 10.0. The van der Waals surface area contributed by atoms with Gasteiger partial charge >= 0.3 is 0 Å². The Bertz CT molecular complexity index is 491. The quantitative estimate of drug-likeness (QED) is 0.833. The van der Waals surface area contributed by atoms with Gasteiger partial charge in [-0.15, -0.1) is 0 Å². The second-order valence-electron chi connectivity index (χ2n) is 5.26. The van der Waals surface area contributed by atoms with Crippen molar-refractivity contribution < 1.29 is 5.11 Å². The van der Waals surface area contributed by atoms with Crippen molar-refractivity contribution in [3.05, 3.63) is 28.8 Å². The SMILES string of the molecule is C[C@@H](N)Cc1cc(C#N)c2c(c1)CCN2CCCO. The number of nitriles is 1. The number of rotatable bonds is 5. The Morgan fingerprint density at radius 1 is 1.53 bits per heavy atom. The van der Waals surface area contributed by atoms with E-state index in [0.717, 1.165) is 49.2 Å². The average Bonchev–Trinajstić information content (AvgIpc) is 2.77. The molecule has 0 bridgehead atoms. The largest absolute Gasteiger partial charge is 0.396 e. The molecule has 0 aliphatic carbocycles. The van der Waals surface area contributed by atoms with Gasteiger partial charge in [0.05, 0.1) is 11.3 Å². The van der Waals surface area contributed by atoms with E-state index in [1.54, 1.807) is 0 Å². The van der Waals surface area contributed by atoms with Crippen molar-refractivity contribution in [2.75, 3.05) is 24.6 Å². The first-order valence-corrected chi connectivity index (χ1v) is 6.83. The summed E-state index contributed by atoms with van der Waals surface area (Å²) in [7, 11) is 0. The smallest absolute Gasteiger partial charge is 0.101 e. The molecule has 3 N–H and O–H groups in total. The number of nitrogens with zero attached hydrogens (tertiary/aromatic N) is 2. The maximum atomic E-state index is 9.35. The van der Waals surface area contributed by atoms with E-state index in [0.29, 0.717) is 0 Å². The number of aliphatic hydroxyl groups is 1. The predicted octanol–water partition coefficient (Wildman–Crippen LogP) is 1.19. The van der Waals surface area contributed by atoms with E-state index in [-0.39, 0.29) is 12.6 Å². The average molecular weight is 259 g/mol. The first-order chi connectivity index (χ1) is 9.15. The molecule has 102 valence electrons. The highest BCUT2D eigenvalue weighted by Crippen LogP contribution is 2.33. The number of anilines is 1. The van der Waals surface area contributed by atoms with Gasteiger partial charge in [0.2, 0.25) is 0 Å². The first-order valence-electron chi connectivity index (χ1n) is 6.83. The van der Waals surface area contributed by atoms with Gasteiger partial charge in [0.1, 0.15) is 6.07 Å². The lowest BCUT2D eigenvalue weighted by Gasteiger charge is -2.20. The molecule has 0 aromatic heterocycles. The van der Waals surface area contributed by atoms with Gasteiger partial charge in [-0.05, 0) is 43.4 Å². The summed E-state index contributed by atoms with van der Waals surface area (Å²) < 4.78 is 0. The summed E-state index contributed by atoms with van der Waals surface area (Å²) in [6.07, 6.45) is 2.52. The highest BCUT2D eigenvalue weighted by molar-refractivity contribution is 5.68. The third-order valence-corrected chi connectivity index (χ3v) is 3.48. The van der Waals surface area contributed by atoms with Crippen LogP contribution >= 0.6 is 0 Å². The zero-order valence-corrected chi connectivity index (χ0v) is 11.4. The van der Waals surface area contributed by atoms with Crippen LogP contribution in [0.1, 0.15) is 30.0 Å². The first kappa shape index (κ1) is 13.9. The molecule has 4 nitrogen and oxygen atoms in total. The standard InChI is InChI=1S/C15H21N3O/c1-11(17)7-12-8-13-3-5-18(4-2-6-19)15(13)14(9-12)10-16/h8-9,11,19H,2-7,17H2,1H3/t11-/m1/s1. The lowest BCUT2D eigenvalue weighted by Crippen LogP contribution is -2.23. The topological polar surface area (TPSA) is 73.3 Å². The van der Waals surface area contributed by atoms with Gasteiger partial charge in [-0.2, -0.15) is 5.26 Å². The van der Waals surface area contributed by atoms with Crippen molar-refractivity contribution >= 4 is 5.69 Å². The molecule has 1 aliphatic heterocycles. The number of benzene rings is 1. The third kappa shape index (κ3) is 3.06. The summed E-state index contributed by atoms with van der Waals surface area (Å²) >= 11 is 0. The molecular formula is C15H21N3O. The molecule has 0 unspecified atom stereocenters. The van der Waals surface area contributed by atoms with Crippen molar-refractivity contribution in [2.45, 2.75) is 32.2 Å². The van der Waals surface area contributed by atoms with Crippen LogP contribution in [0.5, 0.6) is 0 Å². The van der Waals surface area contributed by atoms with Crippen LogP contribution in [0.15, 0.2) is 12.1 Å². The molecule has 1 aromatic carbocycles. The molecule has 0 saturated heterocycles. The molecule has 4 heteroatoms. The second-order valence-corrected chi connectivity index (χ2v) is 5.26. The van der Waals surface area contributed by atoms with Crippen LogP contribution in [0.3, 0.4) is 0 Å². The fraction of sp³-hybridized carbons (Fsp3) is 0.533. The molecule has 19 heavy (non-hydrogen) atoms. The molecule has 0 saturated carbocycles. The Morgan fingerprint density at radius 2 is 2.32 bits per heavy atom. The number of fused-ring (bicyclic) bond motifs is 1. The number of nitrogens with two attached hydrogens (primary N) is 1. The molecule has 0 spiro atoms. The summed E-state index contributed by atoms with van der Waals surface area (Å²) in [6, 6.07) is 6.55. The van der Waals surface area contributed by atoms with Gasteiger partial charge in [0, 0.05) is 25.7 Å². The van der Waals surface area contributed by atoms with Crippen LogP contribution in [0, 0.1) is 11.3 Å². The molecule has 1 aromatic rings. The van der Waals surface area contributed by atoms with Gasteiger partial charge in [-0.1, -0.05) is 6.07 Å². The Labute approximate surface area is 114 Å². The van der Waals surface area contributed by atoms with Gasteiger partial charge in [0.15, 0.2) is 0 Å². The lowest BCUT2D eigenvalue weighted by molar-refractivity contribution is 0.290. The van der Waals surface area contributed by atoms with E-state index in [1.165, 1.54) is 5.56 Å². The Hall–Kier alpha value is -1.57. The molecular weight excluding hydrogens is 238 g/mol. The van der Waals surface area contributed by atoms with Crippen LogP contribution in [-0.4, -0.2) is 30.8 Å². The maximum Gasteiger partial charge on any atom is 0.101 e. The number of hydrogen-bond acceptors (Lipinski definition) is 4. The second kappa shape index (κ2) is 6.05. The lowest BCUT2D eigenvalue weighted by atomic mass is 9.99. The van der Waals surface area contributed by atoms with Crippen molar-refractivity contribution in [3.8, 4) is 6.07 Å². The zero-order chi connectivity index (χ0) is 13.8. The molecule has 2 rings (SSSR count). The van der Waals surface area contributed by atoms with E-state index in [2.05, 4.69) is 17.0 Å². The van der Waals surface area contributed by atoms with Crippen molar-refractivity contribution in [2.24, 2.45) is 5.73 Å². The third-order valence-electron chi connectivity index (χ3n) is 3.48. The van der Waals surface area contributed by atoms with E-state index < -0.39 is 0 Å². The van der Waals surface area contributed by atoms with Crippen LogP contribution in [0.2, 0.25) is 0 Å². The van der Waals surface area contributed by atoms with Gasteiger partial charge in [-0.25, -0.2) is 0 Å². The van der Waals surface area contributed by atoms with Crippen LogP contribution < -0.4 is 10.6 Å². The predicted molar refractivity (Wildman–Crippen MR) is 76.1 cm³/mol. The maximum absolute atomic E-state index is 9.35. The normalized spacial score (nSPS) is 15.2.